The highest BCUT2D eigenvalue weighted by Gasteiger charge is 2.13. The first-order chi connectivity index (χ1) is 12.1. The van der Waals surface area contributed by atoms with Crippen molar-refractivity contribution in [3.63, 3.8) is 0 Å². The Labute approximate surface area is 146 Å². The van der Waals surface area contributed by atoms with Crippen molar-refractivity contribution in [2.75, 3.05) is 11.9 Å². The Morgan fingerprint density at radius 1 is 0.920 bits per heavy atom. The van der Waals surface area contributed by atoms with Crippen LogP contribution in [0.4, 0.5) is 5.69 Å². The third kappa shape index (κ3) is 3.69. The lowest BCUT2D eigenvalue weighted by molar-refractivity contribution is -0.119. The number of carbonyl (C=O) groups excluding carboxylic acids is 2. The number of aryl methyl sites for hydroxylation is 1. The number of hydrogen-bond donors (Lipinski definition) is 1. The SMILES string of the molecule is Cc1cccc(NC(=O)COC(=O)c2cccc3ccccc23)c1C. The summed E-state index contributed by atoms with van der Waals surface area (Å²) in [6.07, 6.45) is 0. The van der Waals surface area contributed by atoms with Gasteiger partial charge in [-0.1, -0.05) is 48.5 Å². The molecule has 3 aromatic rings. The van der Waals surface area contributed by atoms with Gasteiger partial charge >= 0.3 is 5.97 Å². The zero-order valence-corrected chi connectivity index (χ0v) is 14.2. The number of ether oxygens (including phenoxy) is 1. The molecule has 0 saturated heterocycles. The number of amides is 1. The molecule has 0 aliphatic carbocycles. The summed E-state index contributed by atoms with van der Waals surface area (Å²) in [5, 5.41) is 4.54. The van der Waals surface area contributed by atoms with E-state index in [1.165, 1.54) is 0 Å². The summed E-state index contributed by atoms with van der Waals surface area (Å²) >= 11 is 0. The molecule has 126 valence electrons. The predicted molar refractivity (Wildman–Crippen MR) is 98.8 cm³/mol. The molecule has 3 rings (SSSR count). The Morgan fingerprint density at radius 3 is 2.48 bits per heavy atom. The van der Waals surface area contributed by atoms with Crippen LogP contribution in [0.3, 0.4) is 0 Å². The van der Waals surface area contributed by atoms with Gasteiger partial charge < -0.3 is 10.1 Å². The maximum absolute atomic E-state index is 12.3. The molecule has 0 radical (unpaired) electrons. The van der Waals surface area contributed by atoms with Gasteiger partial charge in [0.25, 0.3) is 5.91 Å². The van der Waals surface area contributed by atoms with Crippen molar-refractivity contribution in [2.45, 2.75) is 13.8 Å². The normalized spacial score (nSPS) is 10.5. The lowest BCUT2D eigenvalue weighted by Gasteiger charge is -2.11. The van der Waals surface area contributed by atoms with Gasteiger partial charge in [0.05, 0.1) is 5.56 Å². The van der Waals surface area contributed by atoms with Gasteiger partial charge in [-0.2, -0.15) is 0 Å². The van der Waals surface area contributed by atoms with Crippen molar-refractivity contribution in [3.05, 3.63) is 77.4 Å². The molecule has 0 spiro atoms. The molecule has 3 aromatic carbocycles. The number of fused-ring (bicyclic) bond motifs is 1. The van der Waals surface area contributed by atoms with E-state index in [2.05, 4.69) is 5.32 Å². The first kappa shape index (κ1) is 16.7. The second-order valence-electron chi connectivity index (χ2n) is 5.90. The molecule has 0 unspecified atom stereocenters. The molecule has 0 aliphatic heterocycles. The van der Waals surface area contributed by atoms with Gasteiger partial charge in [0.15, 0.2) is 6.61 Å². The Balaban J connectivity index is 1.67. The minimum absolute atomic E-state index is 0.324. The summed E-state index contributed by atoms with van der Waals surface area (Å²) in [6.45, 7) is 3.59. The predicted octanol–water partition coefficient (Wildman–Crippen LogP) is 4.25. The molecule has 0 atom stereocenters. The fourth-order valence-electron chi connectivity index (χ4n) is 2.69. The Hall–Kier alpha value is -3.14. The molecule has 0 heterocycles. The maximum Gasteiger partial charge on any atom is 0.339 e. The highest BCUT2D eigenvalue weighted by molar-refractivity contribution is 6.05. The van der Waals surface area contributed by atoms with E-state index in [0.717, 1.165) is 27.6 Å². The molecule has 0 aliphatic rings. The Morgan fingerprint density at radius 2 is 1.64 bits per heavy atom. The minimum atomic E-state index is -0.507. The molecular formula is C21H19NO3. The van der Waals surface area contributed by atoms with E-state index in [1.54, 1.807) is 12.1 Å². The summed E-state index contributed by atoms with van der Waals surface area (Å²) in [7, 11) is 0. The molecule has 25 heavy (non-hydrogen) atoms. The number of esters is 1. The van der Waals surface area contributed by atoms with Crippen LogP contribution in [0.5, 0.6) is 0 Å². The van der Waals surface area contributed by atoms with Crippen LogP contribution in [0.1, 0.15) is 21.5 Å². The van der Waals surface area contributed by atoms with Gasteiger partial charge in [0.2, 0.25) is 0 Å². The highest BCUT2D eigenvalue weighted by Crippen LogP contribution is 2.20. The Bertz CT molecular complexity index is 942. The van der Waals surface area contributed by atoms with E-state index >= 15 is 0 Å². The second-order valence-corrected chi connectivity index (χ2v) is 5.90. The van der Waals surface area contributed by atoms with Gasteiger partial charge in [0, 0.05) is 5.69 Å². The van der Waals surface area contributed by atoms with E-state index < -0.39 is 5.97 Å². The molecule has 1 N–H and O–H groups in total. The molecule has 0 fully saturated rings. The van der Waals surface area contributed by atoms with E-state index in [-0.39, 0.29) is 12.5 Å². The van der Waals surface area contributed by atoms with Crippen LogP contribution in [0, 0.1) is 13.8 Å². The second kappa shape index (κ2) is 7.18. The van der Waals surface area contributed by atoms with E-state index in [0.29, 0.717) is 5.56 Å². The van der Waals surface area contributed by atoms with Crippen LogP contribution >= 0.6 is 0 Å². The molecule has 0 saturated carbocycles. The van der Waals surface area contributed by atoms with Crippen molar-refractivity contribution >= 4 is 28.3 Å². The van der Waals surface area contributed by atoms with Crippen molar-refractivity contribution in [2.24, 2.45) is 0 Å². The van der Waals surface area contributed by atoms with Crippen LogP contribution in [0.15, 0.2) is 60.7 Å². The lowest BCUT2D eigenvalue weighted by Crippen LogP contribution is -2.21. The van der Waals surface area contributed by atoms with E-state index in [1.807, 2.05) is 62.4 Å². The topological polar surface area (TPSA) is 55.4 Å². The summed E-state index contributed by atoms with van der Waals surface area (Å²) in [5.74, 6) is -0.866. The monoisotopic (exact) mass is 333 g/mol. The largest absolute Gasteiger partial charge is 0.452 e. The average molecular weight is 333 g/mol. The van der Waals surface area contributed by atoms with Crippen molar-refractivity contribution in [1.82, 2.24) is 0 Å². The summed E-state index contributed by atoms with van der Waals surface area (Å²) in [4.78, 5) is 24.4. The fraction of sp³-hybridized carbons (Fsp3) is 0.143. The summed E-state index contributed by atoms with van der Waals surface area (Å²) in [6, 6.07) is 18.7. The van der Waals surface area contributed by atoms with Gasteiger partial charge in [-0.15, -0.1) is 0 Å². The standard InChI is InChI=1S/C21H19NO3/c1-14-7-5-12-19(15(14)2)22-20(23)13-25-21(24)18-11-6-9-16-8-3-4-10-17(16)18/h3-12H,13H2,1-2H3,(H,22,23). The first-order valence-electron chi connectivity index (χ1n) is 8.07. The third-order valence-electron chi connectivity index (χ3n) is 4.22. The van der Waals surface area contributed by atoms with Gasteiger partial charge in [0.1, 0.15) is 0 Å². The molecule has 0 aromatic heterocycles. The molecule has 1 amide bonds. The number of anilines is 1. The van der Waals surface area contributed by atoms with Crippen molar-refractivity contribution in [1.29, 1.82) is 0 Å². The summed E-state index contributed by atoms with van der Waals surface area (Å²) in [5.41, 5.74) is 3.27. The van der Waals surface area contributed by atoms with E-state index in [9.17, 15) is 9.59 Å². The Kier molecular flexibility index (Phi) is 4.80. The van der Waals surface area contributed by atoms with Crippen molar-refractivity contribution < 1.29 is 14.3 Å². The molecular weight excluding hydrogens is 314 g/mol. The van der Waals surface area contributed by atoms with Crippen LogP contribution in [-0.2, 0) is 9.53 Å². The lowest BCUT2D eigenvalue weighted by atomic mass is 10.1. The van der Waals surface area contributed by atoms with Crippen molar-refractivity contribution in [3.8, 4) is 0 Å². The number of rotatable bonds is 4. The third-order valence-corrected chi connectivity index (χ3v) is 4.22. The molecule has 4 heteroatoms. The quantitative estimate of drug-likeness (QED) is 0.726. The number of hydrogen-bond acceptors (Lipinski definition) is 3. The summed E-state index contributed by atoms with van der Waals surface area (Å²) < 4.78 is 5.19. The van der Waals surface area contributed by atoms with Gasteiger partial charge in [-0.3, -0.25) is 4.79 Å². The number of nitrogens with one attached hydrogen (secondary N) is 1. The van der Waals surface area contributed by atoms with Crippen LogP contribution < -0.4 is 5.32 Å². The maximum atomic E-state index is 12.3. The minimum Gasteiger partial charge on any atom is -0.452 e. The molecule has 0 bridgehead atoms. The highest BCUT2D eigenvalue weighted by atomic mass is 16.5. The number of carbonyl (C=O) groups is 2. The molecule has 4 nitrogen and oxygen atoms in total. The van der Waals surface area contributed by atoms with Crippen LogP contribution in [0.2, 0.25) is 0 Å². The smallest absolute Gasteiger partial charge is 0.339 e. The zero-order valence-electron chi connectivity index (χ0n) is 14.2. The van der Waals surface area contributed by atoms with Crippen LogP contribution in [0.25, 0.3) is 10.8 Å². The zero-order chi connectivity index (χ0) is 17.8. The fourth-order valence-corrected chi connectivity index (χ4v) is 2.69. The first-order valence-corrected chi connectivity index (χ1v) is 8.07. The van der Waals surface area contributed by atoms with E-state index in [4.69, 9.17) is 4.74 Å². The van der Waals surface area contributed by atoms with Gasteiger partial charge in [-0.25, -0.2) is 4.79 Å². The number of benzene rings is 3. The van der Waals surface area contributed by atoms with Gasteiger partial charge in [-0.05, 0) is 47.9 Å². The average Bonchev–Trinajstić information content (AvgIpc) is 2.63. The van der Waals surface area contributed by atoms with Crippen LogP contribution in [-0.4, -0.2) is 18.5 Å².